The van der Waals surface area contributed by atoms with Gasteiger partial charge in [-0.3, -0.25) is 14.2 Å². The SMILES string of the molecule is Cn1cc(-c2cc(C(=O)Nc3cnn(Cc4ccc(F)cc4Cl)c3)c3ccccc3n2)cn1. The number of halogens is 2. The van der Waals surface area contributed by atoms with Gasteiger partial charge in [-0.1, -0.05) is 35.9 Å². The Morgan fingerprint density at radius 3 is 2.73 bits per heavy atom. The van der Waals surface area contributed by atoms with Gasteiger partial charge in [-0.2, -0.15) is 10.2 Å². The summed E-state index contributed by atoms with van der Waals surface area (Å²) in [5.74, 6) is -0.675. The summed E-state index contributed by atoms with van der Waals surface area (Å²) in [5.41, 5.74) is 3.94. The number of carbonyl (C=O) groups is 1. The van der Waals surface area contributed by atoms with E-state index < -0.39 is 5.82 Å². The maximum absolute atomic E-state index is 13.3. The summed E-state index contributed by atoms with van der Waals surface area (Å²) in [6, 6.07) is 13.5. The van der Waals surface area contributed by atoms with Crippen LogP contribution >= 0.6 is 11.6 Å². The number of carbonyl (C=O) groups excluding carboxylic acids is 1. The van der Waals surface area contributed by atoms with Gasteiger partial charge in [0.1, 0.15) is 5.82 Å². The number of fused-ring (bicyclic) bond motifs is 1. The molecule has 0 aliphatic heterocycles. The summed E-state index contributed by atoms with van der Waals surface area (Å²) in [5, 5.41) is 12.4. The minimum absolute atomic E-state index is 0.280. The van der Waals surface area contributed by atoms with Gasteiger partial charge in [0.15, 0.2) is 0 Å². The number of nitrogens with zero attached hydrogens (tertiary/aromatic N) is 5. The molecule has 0 saturated heterocycles. The van der Waals surface area contributed by atoms with Crippen LogP contribution in [0.5, 0.6) is 0 Å². The summed E-state index contributed by atoms with van der Waals surface area (Å²) < 4.78 is 16.6. The van der Waals surface area contributed by atoms with Crippen molar-refractivity contribution < 1.29 is 9.18 Å². The quantitative estimate of drug-likeness (QED) is 0.403. The highest BCUT2D eigenvalue weighted by Gasteiger charge is 2.16. The zero-order valence-electron chi connectivity index (χ0n) is 17.5. The second kappa shape index (κ2) is 8.48. The van der Waals surface area contributed by atoms with E-state index in [1.54, 1.807) is 40.1 Å². The van der Waals surface area contributed by atoms with E-state index in [1.165, 1.54) is 12.1 Å². The molecule has 0 bridgehead atoms. The number of hydrogen-bond donors (Lipinski definition) is 1. The van der Waals surface area contributed by atoms with E-state index in [0.29, 0.717) is 34.0 Å². The van der Waals surface area contributed by atoms with Crippen molar-refractivity contribution in [3.63, 3.8) is 0 Å². The van der Waals surface area contributed by atoms with E-state index in [2.05, 4.69) is 20.5 Å². The average Bonchev–Trinajstić information content (AvgIpc) is 3.43. The molecular formula is C24H18ClFN6O. The third kappa shape index (κ3) is 4.33. The molecule has 0 atom stereocenters. The Morgan fingerprint density at radius 2 is 1.94 bits per heavy atom. The van der Waals surface area contributed by atoms with Gasteiger partial charge < -0.3 is 5.32 Å². The lowest BCUT2D eigenvalue weighted by Gasteiger charge is -2.09. The highest BCUT2D eigenvalue weighted by atomic mass is 35.5. The van der Waals surface area contributed by atoms with Crippen molar-refractivity contribution in [1.82, 2.24) is 24.5 Å². The molecule has 0 fully saturated rings. The van der Waals surface area contributed by atoms with Crippen molar-refractivity contribution in [2.24, 2.45) is 7.05 Å². The van der Waals surface area contributed by atoms with Gasteiger partial charge in [0.05, 0.1) is 41.4 Å². The molecule has 1 N–H and O–H groups in total. The van der Waals surface area contributed by atoms with E-state index in [9.17, 15) is 9.18 Å². The number of anilines is 1. The topological polar surface area (TPSA) is 77.6 Å². The van der Waals surface area contributed by atoms with E-state index in [1.807, 2.05) is 37.5 Å². The highest BCUT2D eigenvalue weighted by molar-refractivity contribution is 6.31. The molecular weight excluding hydrogens is 443 g/mol. The first-order valence-electron chi connectivity index (χ1n) is 10.1. The van der Waals surface area contributed by atoms with Crippen LogP contribution in [0.15, 0.2) is 73.3 Å². The normalized spacial score (nSPS) is 11.1. The largest absolute Gasteiger partial charge is 0.319 e. The maximum Gasteiger partial charge on any atom is 0.256 e. The second-order valence-corrected chi connectivity index (χ2v) is 8.00. The van der Waals surface area contributed by atoms with Crippen molar-refractivity contribution in [3.05, 3.63) is 95.3 Å². The smallest absolute Gasteiger partial charge is 0.256 e. The zero-order chi connectivity index (χ0) is 22.9. The van der Waals surface area contributed by atoms with Crippen molar-refractivity contribution in [2.75, 3.05) is 5.32 Å². The molecule has 1 amide bonds. The number of nitrogens with one attached hydrogen (secondary N) is 1. The molecule has 33 heavy (non-hydrogen) atoms. The monoisotopic (exact) mass is 460 g/mol. The Bertz CT molecular complexity index is 1490. The Labute approximate surface area is 193 Å². The first-order valence-corrected chi connectivity index (χ1v) is 10.5. The van der Waals surface area contributed by atoms with Gasteiger partial charge in [0.2, 0.25) is 0 Å². The summed E-state index contributed by atoms with van der Waals surface area (Å²) >= 11 is 6.11. The third-order valence-corrected chi connectivity index (χ3v) is 5.55. The average molecular weight is 461 g/mol. The third-order valence-electron chi connectivity index (χ3n) is 5.20. The van der Waals surface area contributed by atoms with Crippen LogP contribution in [0, 0.1) is 5.82 Å². The van der Waals surface area contributed by atoms with Crippen LogP contribution < -0.4 is 5.32 Å². The fraction of sp³-hybridized carbons (Fsp3) is 0.0833. The lowest BCUT2D eigenvalue weighted by molar-refractivity contribution is 0.102. The van der Waals surface area contributed by atoms with Gasteiger partial charge in [-0.15, -0.1) is 0 Å². The van der Waals surface area contributed by atoms with Crippen LogP contribution in [0.25, 0.3) is 22.2 Å². The lowest BCUT2D eigenvalue weighted by atomic mass is 10.0. The summed E-state index contributed by atoms with van der Waals surface area (Å²) in [6.45, 7) is 0.346. The first kappa shape index (κ1) is 20.8. The lowest BCUT2D eigenvalue weighted by Crippen LogP contribution is -2.12. The zero-order valence-corrected chi connectivity index (χ0v) is 18.3. The van der Waals surface area contributed by atoms with Crippen LogP contribution in [-0.2, 0) is 13.6 Å². The predicted molar refractivity (Wildman–Crippen MR) is 125 cm³/mol. The number of rotatable bonds is 5. The minimum Gasteiger partial charge on any atom is -0.319 e. The number of aromatic nitrogens is 5. The van der Waals surface area contributed by atoms with E-state index in [4.69, 9.17) is 11.6 Å². The van der Waals surface area contributed by atoms with Gasteiger partial charge in [0, 0.05) is 35.4 Å². The highest BCUT2D eigenvalue weighted by Crippen LogP contribution is 2.25. The summed E-state index contributed by atoms with van der Waals surface area (Å²) in [6.07, 6.45) is 6.82. The molecule has 2 aromatic carbocycles. The molecule has 7 nitrogen and oxygen atoms in total. The van der Waals surface area contributed by atoms with Gasteiger partial charge >= 0.3 is 0 Å². The van der Waals surface area contributed by atoms with Gasteiger partial charge in [-0.05, 0) is 29.8 Å². The van der Waals surface area contributed by atoms with Crippen molar-refractivity contribution in [1.29, 1.82) is 0 Å². The van der Waals surface area contributed by atoms with E-state index >= 15 is 0 Å². The maximum atomic E-state index is 13.3. The summed E-state index contributed by atoms with van der Waals surface area (Å²) in [7, 11) is 1.83. The Hall–Kier alpha value is -4.04. The number of pyridine rings is 1. The predicted octanol–water partition coefficient (Wildman–Crippen LogP) is 4.92. The molecule has 0 aliphatic rings. The molecule has 5 rings (SSSR count). The van der Waals surface area contributed by atoms with Crippen LogP contribution in [0.4, 0.5) is 10.1 Å². The molecule has 3 heterocycles. The Kier molecular flexibility index (Phi) is 5.35. The van der Waals surface area contributed by atoms with Crippen LogP contribution in [0.2, 0.25) is 5.02 Å². The fourth-order valence-electron chi connectivity index (χ4n) is 3.60. The number of aryl methyl sites for hydroxylation is 1. The number of hydrogen-bond acceptors (Lipinski definition) is 4. The van der Waals surface area contributed by atoms with Crippen molar-refractivity contribution >= 4 is 34.1 Å². The molecule has 164 valence electrons. The van der Waals surface area contributed by atoms with Gasteiger partial charge in [0.25, 0.3) is 5.91 Å². The number of benzene rings is 2. The molecule has 0 unspecified atom stereocenters. The van der Waals surface area contributed by atoms with Crippen molar-refractivity contribution in [3.8, 4) is 11.3 Å². The van der Waals surface area contributed by atoms with Crippen molar-refractivity contribution in [2.45, 2.75) is 6.54 Å². The number of amides is 1. The molecule has 0 spiro atoms. The van der Waals surface area contributed by atoms with E-state index in [-0.39, 0.29) is 5.91 Å². The molecule has 0 radical (unpaired) electrons. The molecule has 5 aromatic rings. The molecule has 9 heteroatoms. The molecule has 3 aromatic heterocycles. The fourth-order valence-corrected chi connectivity index (χ4v) is 3.83. The van der Waals surface area contributed by atoms with E-state index in [0.717, 1.165) is 16.5 Å². The minimum atomic E-state index is -0.396. The molecule has 0 saturated carbocycles. The Morgan fingerprint density at radius 1 is 1.09 bits per heavy atom. The van der Waals surface area contributed by atoms with Crippen LogP contribution in [0.1, 0.15) is 15.9 Å². The van der Waals surface area contributed by atoms with Gasteiger partial charge in [-0.25, -0.2) is 9.37 Å². The first-order chi connectivity index (χ1) is 16.0. The molecule has 0 aliphatic carbocycles. The Balaban J connectivity index is 1.42. The van der Waals surface area contributed by atoms with Crippen LogP contribution in [0.3, 0.4) is 0 Å². The number of para-hydroxylation sites is 1. The second-order valence-electron chi connectivity index (χ2n) is 7.59. The van der Waals surface area contributed by atoms with Crippen LogP contribution in [-0.4, -0.2) is 30.5 Å². The summed E-state index contributed by atoms with van der Waals surface area (Å²) in [4.78, 5) is 17.9. The standard InChI is InChI=1S/C24H18ClFN6O/c1-31-12-16(10-27-31)23-9-20(19-4-2-3-5-22(19)30-23)24(33)29-18-11-28-32(14-18)13-15-6-7-17(26)8-21(15)25/h2-12,14H,13H2,1H3,(H,29,33).